The van der Waals surface area contributed by atoms with E-state index in [9.17, 15) is 14.4 Å². The molecule has 2 N–H and O–H groups in total. The van der Waals surface area contributed by atoms with E-state index in [0.717, 1.165) is 11.1 Å². The molecule has 2 aromatic carbocycles. The van der Waals surface area contributed by atoms with Crippen molar-refractivity contribution in [2.45, 2.75) is 26.5 Å². The van der Waals surface area contributed by atoms with E-state index in [1.165, 1.54) is 32.4 Å². The van der Waals surface area contributed by atoms with Crippen LogP contribution in [0.2, 0.25) is 0 Å². The Hall–Kier alpha value is -4.27. The predicted molar refractivity (Wildman–Crippen MR) is 124 cm³/mol. The lowest BCUT2D eigenvalue weighted by Gasteiger charge is -2.15. The number of hydrogen-bond donors (Lipinski definition) is 2. The molecule has 0 aliphatic heterocycles. The van der Waals surface area contributed by atoms with Crippen molar-refractivity contribution in [3.8, 4) is 11.5 Å². The molecule has 1 unspecified atom stereocenters. The lowest BCUT2D eigenvalue weighted by atomic mass is 10.1. The van der Waals surface area contributed by atoms with Crippen molar-refractivity contribution in [2.24, 2.45) is 0 Å². The first-order chi connectivity index (χ1) is 16.3. The number of benzene rings is 2. The van der Waals surface area contributed by atoms with Crippen molar-refractivity contribution in [1.82, 2.24) is 5.32 Å². The molecule has 0 saturated carbocycles. The van der Waals surface area contributed by atoms with Gasteiger partial charge in [0, 0.05) is 12.2 Å². The quantitative estimate of drug-likeness (QED) is 0.462. The number of furan rings is 1. The van der Waals surface area contributed by atoms with E-state index in [1.54, 1.807) is 50.4 Å². The van der Waals surface area contributed by atoms with Crippen molar-refractivity contribution >= 4 is 23.5 Å². The highest BCUT2D eigenvalue weighted by Crippen LogP contribution is 2.27. The van der Waals surface area contributed by atoms with Gasteiger partial charge in [0.1, 0.15) is 0 Å². The average Bonchev–Trinajstić information content (AvgIpc) is 3.38. The minimum Gasteiger partial charge on any atom is -0.493 e. The summed E-state index contributed by atoms with van der Waals surface area (Å²) in [6.07, 6.45) is 0.364. The summed E-state index contributed by atoms with van der Waals surface area (Å²) in [6, 6.07) is 13.2. The second kappa shape index (κ2) is 11.0. The van der Waals surface area contributed by atoms with Crippen molar-refractivity contribution in [1.29, 1.82) is 0 Å². The van der Waals surface area contributed by atoms with Gasteiger partial charge in [-0.25, -0.2) is 4.79 Å². The van der Waals surface area contributed by atoms with Gasteiger partial charge >= 0.3 is 5.97 Å². The van der Waals surface area contributed by atoms with Crippen molar-refractivity contribution < 1.29 is 33.0 Å². The first-order valence-corrected chi connectivity index (χ1v) is 10.5. The van der Waals surface area contributed by atoms with E-state index >= 15 is 0 Å². The number of hydrogen-bond acceptors (Lipinski definition) is 7. The Morgan fingerprint density at radius 3 is 2.44 bits per heavy atom. The molecule has 0 saturated heterocycles. The Morgan fingerprint density at radius 1 is 1.00 bits per heavy atom. The molecule has 0 bridgehead atoms. The van der Waals surface area contributed by atoms with Crippen molar-refractivity contribution in [3.63, 3.8) is 0 Å². The van der Waals surface area contributed by atoms with E-state index < -0.39 is 23.9 Å². The Morgan fingerprint density at radius 2 is 1.76 bits per heavy atom. The van der Waals surface area contributed by atoms with E-state index in [4.69, 9.17) is 18.6 Å². The van der Waals surface area contributed by atoms with Crippen LogP contribution in [0.5, 0.6) is 11.5 Å². The van der Waals surface area contributed by atoms with Gasteiger partial charge in [-0.2, -0.15) is 0 Å². The molecular formula is C25H26N2O7. The maximum absolute atomic E-state index is 12.6. The van der Waals surface area contributed by atoms with Gasteiger partial charge in [-0.15, -0.1) is 0 Å². The molecule has 0 spiro atoms. The molecule has 9 nitrogen and oxygen atoms in total. The molecule has 0 radical (unpaired) electrons. The maximum atomic E-state index is 12.6. The molecule has 2 amide bonds. The van der Waals surface area contributed by atoms with Crippen LogP contribution in [-0.2, 0) is 16.1 Å². The number of nitrogens with one attached hydrogen (secondary N) is 2. The summed E-state index contributed by atoms with van der Waals surface area (Å²) in [6.45, 7) is 3.49. The first-order valence-electron chi connectivity index (χ1n) is 10.5. The van der Waals surface area contributed by atoms with E-state index in [0.29, 0.717) is 17.2 Å². The molecule has 1 atom stereocenters. The van der Waals surface area contributed by atoms with Crippen molar-refractivity contribution in [2.75, 3.05) is 19.5 Å². The third-order valence-electron chi connectivity index (χ3n) is 5.03. The second-order valence-electron chi connectivity index (χ2n) is 7.42. The van der Waals surface area contributed by atoms with Crippen molar-refractivity contribution in [3.05, 3.63) is 77.2 Å². The number of esters is 1. The van der Waals surface area contributed by atoms with Crippen LogP contribution in [-0.4, -0.2) is 38.1 Å². The highest BCUT2D eigenvalue weighted by atomic mass is 16.5. The average molecular weight is 466 g/mol. The van der Waals surface area contributed by atoms with Crippen LogP contribution in [0.1, 0.15) is 39.0 Å². The van der Waals surface area contributed by atoms with Crippen LogP contribution in [0.25, 0.3) is 0 Å². The Labute approximate surface area is 197 Å². The van der Waals surface area contributed by atoms with Gasteiger partial charge in [-0.3, -0.25) is 9.59 Å². The Balaban J connectivity index is 1.59. The summed E-state index contributed by atoms with van der Waals surface area (Å²) in [4.78, 5) is 37.3. The molecule has 3 rings (SSSR count). The Kier molecular flexibility index (Phi) is 7.92. The lowest BCUT2D eigenvalue weighted by Crippen LogP contribution is -2.35. The fraction of sp³-hybridized carbons (Fsp3) is 0.240. The third-order valence-corrected chi connectivity index (χ3v) is 5.03. The standard InChI is InChI=1S/C25H26N2O7/c1-15-7-9-18(13-19(15)27-24(29)21-6-5-11-33-21)25(30)34-16(2)23(28)26-14-17-8-10-20(31-3)22(12-17)32-4/h5-13,16H,14H2,1-4H3,(H,26,28)(H,27,29). The fourth-order valence-electron chi connectivity index (χ4n) is 3.08. The number of methoxy groups -OCH3 is 2. The lowest BCUT2D eigenvalue weighted by molar-refractivity contribution is -0.129. The van der Waals surface area contributed by atoms with Gasteiger partial charge in [0.25, 0.3) is 11.8 Å². The van der Waals surface area contributed by atoms with E-state index in [2.05, 4.69) is 10.6 Å². The fourth-order valence-corrected chi connectivity index (χ4v) is 3.08. The molecular weight excluding hydrogens is 440 g/mol. The van der Waals surface area contributed by atoms with Crippen LogP contribution in [0.4, 0.5) is 5.69 Å². The number of amides is 2. The molecule has 178 valence electrons. The minimum absolute atomic E-state index is 0.146. The number of carbonyl (C=O) groups excluding carboxylic acids is 3. The van der Waals surface area contributed by atoms with E-state index in [1.807, 2.05) is 0 Å². The molecule has 0 aliphatic rings. The number of aryl methyl sites for hydroxylation is 1. The molecule has 0 aliphatic carbocycles. The predicted octanol–water partition coefficient (Wildman–Crippen LogP) is 3.72. The molecule has 1 aromatic heterocycles. The number of carbonyl (C=O) groups is 3. The van der Waals surface area contributed by atoms with Gasteiger partial charge in [0.15, 0.2) is 23.4 Å². The highest BCUT2D eigenvalue weighted by Gasteiger charge is 2.20. The number of ether oxygens (including phenoxy) is 3. The van der Waals surface area contributed by atoms with Gasteiger partial charge in [-0.05, 0) is 61.4 Å². The number of rotatable bonds is 9. The summed E-state index contributed by atoms with van der Waals surface area (Å²) in [5.41, 5.74) is 2.17. The Bertz CT molecular complexity index is 1170. The molecule has 3 aromatic rings. The normalized spacial score (nSPS) is 11.3. The van der Waals surface area contributed by atoms with Gasteiger partial charge in [0.2, 0.25) is 0 Å². The smallest absolute Gasteiger partial charge is 0.338 e. The van der Waals surface area contributed by atoms with Gasteiger partial charge in [-0.1, -0.05) is 12.1 Å². The zero-order valence-electron chi connectivity index (χ0n) is 19.3. The van der Waals surface area contributed by atoms with Crippen LogP contribution < -0.4 is 20.1 Å². The summed E-state index contributed by atoms with van der Waals surface area (Å²) >= 11 is 0. The van der Waals surface area contributed by atoms with Crippen LogP contribution >= 0.6 is 0 Å². The second-order valence-corrected chi connectivity index (χ2v) is 7.42. The molecule has 34 heavy (non-hydrogen) atoms. The summed E-state index contributed by atoms with van der Waals surface area (Å²) in [5, 5.41) is 5.43. The molecule has 0 fully saturated rings. The highest BCUT2D eigenvalue weighted by molar-refractivity contribution is 6.03. The monoisotopic (exact) mass is 466 g/mol. The largest absolute Gasteiger partial charge is 0.493 e. The van der Waals surface area contributed by atoms with Crippen LogP contribution in [0.3, 0.4) is 0 Å². The van der Waals surface area contributed by atoms with E-state index in [-0.39, 0.29) is 17.9 Å². The SMILES string of the molecule is COc1ccc(CNC(=O)C(C)OC(=O)c2ccc(C)c(NC(=O)c3ccco3)c2)cc1OC. The van der Waals surface area contributed by atoms with Gasteiger partial charge in [0.05, 0.1) is 26.0 Å². The summed E-state index contributed by atoms with van der Waals surface area (Å²) in [7, 11) is 3.07. The summed E-state index contributed by atoms with van der Waals surface area (Å²) in [5.74, 6) is -0.321. The molecule has 1 heterocycles. The maximum Gasteiger partial charge on any atom is 0.338 e. The number of anilines is 1. The first kappa shape index (κ1) is 24.4. The molecule has 9 heteroatoms. The zero-order chi connectivity index (χ0) is 24.7. The third kappa shape index (κ3) is 5.94. The minimum atomic E-state index is -1.03. The zero-order valence-corrected chi connectivity index (χ0v) is 19.3. The van der Waals surface area contributed by atoms with Crippen LogP contribution in [0.15, 0.2) is 59.2 Å². The van der Waals surface area contributed by atoms with Crippen LogP contribution in [0, 0.1) is 6.92 Å². The summed E-state index contributed by atoms with van der Waals surface area (Å²) < 4.78 is 20.9. The topological polar surface area (TPSA) is 116 Å². The van der Waals surface area contributed by atoms with Gasteiger partial charge < -0.3 is 29.3 Å².